The van der Waals surface area contributed by atoms with Crippen LogP contribution in [0.3, 0.4) is 0 Å². The number of hydrogen-bond acceptors (Lipinski definition) is 4. The zero-order valence-corrected chi connectivity index (χ0v) is 11.2. The van der Waals surface area contributed by atoms with Crippen LogP contribution in [0.1, 0.15) is 39.0 Å². The van der Waals surface area contributed by atoms with Crippen molar-refractivity contribution in [3.8, 4) is 0 Å². The molecule has 6 N–H and O–H groups in total. The van der Waals surface area contributed by atoms with E-state index in [2.05, 4.69) is 5.32 Å². The third-order valence-electron chi connectivity index (χ3n) is 3.48. The molecule has 2 atom stereocenters. The van der Waals surface area contributed by atoms with Gasteiger partial charge in [0.25, 0.3) is 0 Å². The highest BCUT2D eigenvalue weighted by molar-refractivity contribution is 5.93. The Balaban J connectivity index is 2.34. The highest BCUT2D eigenvalue weighted by atomic mass is 16.2. The molecule has 2 unspecified atom stereocenters. The number of nitrogens with two attached hydrogens (primary N) is 2. The Labute approximate surface area is 112 Å². The minimum Gasteiger partial charge on any atom is -0.355 e. The molecular formula is C12H22N4O3. The predicted octanol–water partition coefficient (Wildman–Crippen LogP) is -0.405. The summed E-state index contributed by atoms with van der Waals surface area (Å²) in [6, 6.07) is -0.891. The molecule has 108 valence electrons. The van der Waals surface area contributed by atoms with Crippen molar-refractivity contribution < 1.29 is 14.4 Å². The summed E-state index contributed by atoms with van der Waals surface area (Å²) in [5.74, 6) is -0.857. The van der Waals surface area contributed by atoms with Crippen molar-refractivity contribution in [2.24, 2.45) is 17.4 Å². The lowest BCUT2D eigenvalue weighted by molar-refractivity contribution is -0.128. The molecule has 1 fully saturated rings. The van der Waals surface area contributed by atoms with Crippen molar-refractivity contribution in [3.05, 3.63) is 0 Å². The molecule has 7 heteroatoms. The molecule has 1 saturated carbocycles. The van der Waals surface area contributed by atoms with Gasteiger partial charge in [-0.15, -0.1) is 0 Å². The van der Waals surface area contributed by atoms with E-state index in [-0.39, 0.29) is 24.8 Å². The zero-order chi connectivity index (χ0) is 14.5. The molecule has 1 rings (SSSR count). The van der Waals surface area contributed by atoms with Crippen LogP contribution in [0.5, 0.6) is 0 Å². The van der Waals surface area contributed by atoms with Crippen molar-refractivity contribution in [2.45, 2.75) is 44.6 Å². The van der Waals surface area contributed by atoms with Crippen molar-refractivity contribution >= 4 is 17.8 Å². The van der Waals surface area contributed by atoms with Gasteiger partial charge in [0.2, 0.25) is 11.8 Å². The standard InChI is InChI=1S/C12H22N4O3/c1-12(14)6-3-2-4-8(12)10(18)15-7-5-9(17)16-11(13)19/h8H,2-7,14H2,1H3,(H,15,18)(H3,13,16,17,19). The van der Waals surface area contributed by atoms with Gasteiger partial charge in [-0.3, -0.25) is 14.9 Å². The third kappa shape index (κ3) is 4.86. The summed E-state index contributed by atoms with van der Waals surface area (Å²) < 4.78 is 0. The number of amides is 4. The Kier molecular flexibility index (Phi) is 5.29. The topological polar surface area (TPSA) is 127 Å². The Hall–Kier alpha value is -1.63. The number of carbonyl (C=O) groups excluding carboxylic acids is 3. The Morgan fingerprint density at radius 1 is 1.32 bits per heavy atom. The van der Waals surface area contributed by atoms with Gasteiger partial charge in [0.1, 0.15) is 0 Å². The first-order valence-corrected chi connectivity index (χ1v) is 6.49. The van der Waals surface area contributed by atoms with Crippen LogP contribution in [-0.2, 0) is 9.59 Å². The highest BCUT2D eigenvalue weighted by Gasteiger charge is 2.37. The second-order valence-electron chi connectivity index (χ2n) is 5.26. The van der Waals surface area contributed by atoms with E-state index >= 15 is 0 Å². The number of rotatable bonds is 4. The molecule has 1 aliphatic rings. The van der Waals surface area contributed by atoms with E-state index in [1.165, 1.54) is 0 Å². The minimum atomic E-state index is -0.891. The van der Waals surface area contributed by atoms with E-state index in [0.29, 0.717) is 0 Å². The fraction of sp³-hybridized carbons (Fsp3) is 0.750. The first kappa shape index (κ1) is 15.4. The van der Waals surface area contributed by atoms with Gasteiger partial charge in [0, 0.05) is 18.5 Å². The van der Waals surface area contributed by atoms with Gasteiger partial charge in [0.15, 0.2) is 0 Å². The smallest absolute Gasteiger partial charge is 0.318 e. The molecule has 0 aromatic heterocycles. The van der Waals surface area contributed by atoms with E-state index in [9.17, 15) is 14.4 Å². The van der Waals surface area contributed by atoms with E-state index in [1.54, 1.807) is 0 Å². The van der Waals surface area contributed by atoms with Gasteiger partial charge < -0.3 is 16.8 Å². The number of hydrogen-bond donors (Lipinski definition) is 4. The molecule has 0 aromatic carbocycles. The van der Waals surface area contributed by atoms with Crippen LogP contribution in [-0.4, -0.2) is 29.9 Å². The van der Waals surface area contributed by atoms with Crippen LogP contribution in [0.25, 0.3) is 0 Å². The number of primary amides is 1. The quantitative estimate of drug-likeness (QED) is 0.554. The summed E-state index contributed by atoms with van der Waals surface area (Å²) in [7, 11) is 0. The monoisotopic (exact) mass is 270 g/mol. The SMILES string of the molecule is CC1(N)CCCCC1C(=O)NCCC(=O)NC(N)=O. The lowest BCUT2D eigenvalue weighted by atomic mass is 9.74. The maximum atomic E-state index is 12.0. The Morgan fingerprint density at radius 2 is 2.00 bits per heavy atom. The Bertz CT molecular complexity index is 368. The van der Waals surface area contributed by atoms with E-state index in [0.717, 1.165) is 25.7 Å². The van der Waals surface area contributed by atoms with Crippen LogP contribution in [0.2, 0.25) is 0 Å². The lowest BCUT2D eigenvalue weighted by Crippen LogP contribution is -2.53. The number of urea groups is 1. The molecule has 7 nitrogen and oxygen atoms in total. The summed E-state index contributed by atoms with van der Waals surface area (Å²) in [4.78, 5) is 33.6. The largest absolute Gasteiger partial charge is 0.355 e. The maximum absolute atomic E-state index is 12.0. The van der Waals surface area contributed by atoms with E-state index in [1.807, 2.05) is 12.2 Å². The average molecular weight is 270 g/mol. The molecular weight excluding hydrogens is 248 g/mol. The first-order chi connectivity index (χ1) is 8.83. The molecule has 0 saturated heterocycles. The summed E-state index contributed by atoms with van der Waals surface area (Å²) in [5.41, 5.74) is 10.4. The minimum absolute atomic E-state index is 0.0166. The van der Waals surface area contributed by atoms with Crippen LogP contribution >= 0.6 is 0 Å². The van der Waals surface area contributed by atoms with Gasteiger partial charge in [-0.1, -0.05) is 12.8 Å². The Morgan fingerprint density at radius 3 is 2.58 bits per heavy atom. The molecule has 1 aliphatic carbocycles. The second kappa shape index (κ2) is 6.51. The lowest BCUT2D eigenvalue weighted by Gasteiger charge is -2.37. The van der Waals surface area contributed by atoms with Crippen LogP contribution < -0.4 is 22.1 Å². The fourth-order valence-corrected chi connectivity index (χ4v) is 2.41. The summed E-state index contributed by atoms with van der Waals surface area (Å²) in [5, 5.41) is 4.62. The van der Waals surface area contributed by atoms with Gasteiger partial charge in [-0.05, 0) is 19.8 Å². The zero-order valence-electron chi connectivity index (χ0n) is 11.2. The van der Waals surface area contributed by atoms with Gasteiger partial charge in [-0.25, -0.2) is 4.79 Å². The van der Waals surface area contributed by atoms with Gasteiger partial charge in [-0.2, -0.15) is 0 Å². The number of carbonyl (C=O) groups is 3. The summed E-state index contributed by atoms with van der Waals surface area (Å²) in [6.45, 7) is 2.06. The molecule has 4 amide bonds. The molecule has 19 heavy (non-hydrogen) atoms. The highest BCUT2D eigenvalue weighted by Crippen LogP contribution is 2.31. The van der Waals surface area contributed by atoms with E-state index in [4.69, 9.17) is 11.5 Å². The van der Waals surface area contributed by atoms with Crippen LogP contribution in [0.15, 0.2) is 0 Å². The molecule has 0 aliphatic heterocycles. The van der Waals surface area contributed by atoms with Crippen LogP contribution in [0, 0.1) is 5.92 Å². The first-order valence-electron chi connectivity index (χ1n) is 6.49. The third-order valence-corrected chi connectivity index (χ3v) is 3.48. The molecule has 0 heterocycles. The van der Waals surface area contributed by atoms with Crippen molar-refractivity contribution in [2.75, 3.05) is 6.54 Å². The molecule has 0 radical (unpaired) electrons. The van der Waals surface area contributed by atoms with Gasteiger partial charge in [0.05, 0.1) is 5.92 Å². The predicted molar refractivity (Wildman–Crippen MR) is 69.9 cm³/mol. The maximum Gasteiger partial charge on any atom is 0.318 e. The van der Waals surface area contributed by atoms with Crippen molar-refractivity contribution in [1.82, 2.24) is 10.6 Å². The van der Waals surface area contributed by atoms with Crippen molar-refractivity contribution in [1.29, 1.82) is 0 Å². The summed E-state index contributed by atoms with van der Waals surface area (Å²) in [6.07, 6.45) is 3.65. The van der Waals surface area contributed by atoms with Crippen LogP contribution in [0.4, 0.5) is 4.79 Å². The van der Waals surface area contributed by atoms with Crippen molar-refractivity contribution in [3.63, 3.8) is 0 Å². The number of nitrogens with one attached hydrogen (secondary N) is 2. The molecule has 0 aromatic rings. The second-order valence-corrected chi connectivity index (χ2v) is 5.26. The average Bonchev–Trinajstić information content (AvgIpc) is 2.26. The van der Waals surface area contributed by atoms with E-state index < -0.39 is 17.5 Å². The van der Waals surface area contributed by atoms with Gasteiger partial charge >= 0.3 is 6.03 Å². The molecule has 0 spiro atoms. The molecule has 0 bridgehead atoms. The fourth-order valence-electron chi connectivity index (χ4n) is 2.41. The summed E-state index contributed by atoms with van der Waals surface area (Å²) >= 11 is 0. The number of imide groups is 1. The normalized spacial score (nSPS) is 26.5.